The minimum atomic E-state index is -0.489. The summed E-state index contributed by atoms with van der Waals surface area (Å²) in [6, 6.07) is 12.2. The monoisotopic (exact) mass is 403 g/mol. The van der Waals surface area contributed by atoms with E-state index >= 15 is 0 Å². The van der Waals surface area contributed by atoms with E-state index < -0.39 is 5.82 Å². The topological polar surface area (TPSA) is 61.4 Å². The maximum absolute atomic E-state index is 13.1. The van der Waals surface area contributed by atoms with Crippen LogP contribution in [0, 0.1) is 5.82 Å². The summed E-state index contributed by atoms with van der Waals surface area (Å²) in [5.74, 6) is -0.380. The van der Waals surface area contributed by atoms with Crippen LogP contribution in [0.25, 0.3) is 0 Å². The Morgan fingerprint density at radius 3 is 2.68 bits per heavy atom. The number of urea groups is 1. The molecule has 0 spiro atoms. The zero-order valence-electron chi connectivity index (χ0n) is 15.5. The number of nitrogens with one attached hydrogen (secondary N) is 2. The van der Waals surface area contributed by atoms with Crippen LogP contribution in [0.1, 0.15) is 29.5 Å². The standard InChI is InChI=1S/C21H23ClFN3O2/c22-18-12-15(7-8-19(18)23)13-25-21(28)24-10-3-6-20(27)26-11-9-16-4-1-2-5-17(16)14-26/h1-2,4-5,7-8,12H,3,6,9-11,13-14H2,(H2,24,25,28). The highest BCUT2D eigenvalue weighted by Gasteiger charge is 2.19. The van der Waals surface area contributed by atoms with Gasteiger partial charge in [-0.2, -0.15) is 0 Å². The summed E-state index contributed by atoms with van der Waals surface area (Å²) >= 11 is 5.71. The summed E-state index contributed by atoms with van der Waals surface area (Å²) in [7, 11) is 0. The van der Waals surface area contributed by atoms with Gasteiger partial charge in [-0.3, -0.25) is 4.79 Å². The lowest BCUT2D eigenvalue weighted by molar-refractivity contribution is -0.132. The van der Waals surface area contributed by atoms with Gasteiger partial charge in [0.2, 0.25) is 5.91 Å². The molecule has 0 saturated carbocycles. The molecule has 2 aromatic carbocycles. The fraction of sp³-hybridized carbons (Fsp3) is 0.333. The van der Waals surface area contributed by atoms with Gasteiger partial charge in [-0.25, -0.2) is 9.18 Å². The first-order valence-corrected chi connectivity index (χ1v) is 9.71. The Bertz CT molecular complexity index is 859. The van der Waals surface area contributed by atoms with Crippen LogP contribution in [0.2, 0.25) is 5.02 Å². The molecule has 1 aliphatic rings. The zero-order chi connectivity index (χ0) is 19.9. The lowest BCUT2D eigenvalue weighted by Gasteiger charge is -2.29. The lowest BCUT2D eigenvalue weighted by atomic mass is 9.99. The number of nitrogens with zero attached hydrogens (tertiary/aromatic N) is 1. The molecule has 1 heterocycles. The van der Waals surface area contributed by atoms with Gasteiger partial charge in [0.05, 0.1) is 5.02 Å². The van der Waals surface area contributed by atoms with Crippen LogP contribution < -0.4 is 10.6 Å². The molecule has 28 heavy (non-hydrogen) atoms. The van der Waals surface area contributed by atoms with E-state index in [1.165, 1.54) is 23.3 Å². The van der Waals surface area contributed by atoms with Crippen molar-refractivity contribution in [1.82, 2.24) is 15.5 Å². The normalized spacial score (nSPS) is 13.0. The summed E-state index contributed by atoms with van der Waals surface area (Å²) < 4.78 is 13.1. The molecule has 2 N–H and O–H groups in total. The van der Waals surface area contributed by atoms with Crippen LogP contribution in [0.4, 0.5) is 9.18 Å². The van der Waals surface area contributed by atoms with Crippen LogP contribution in [-0.2, 0) is 24.3 Å². The van der Waals surface area contributed by atoms with Gasteiger partial charge < -0.3 is 15.5 Å². The molecule has 3 rings (SSSR count). The van der Waals surface area contributed by atoms with E-state index in [1.54, 1.807) is 6.07 Å². The second kappa shape index (κ2) is 9.55. The van der Waals surface area contributed by atoms with Crippen molar-refractivity contribution in [3.8, 4) is 0 Å². The predicted octanol–water partition coefficient (Wildman–Crippen LogP) is 3.64. The minimum absolute atomic E-state index is 0.0264. The third-order valence-electron chi connectivity index (χ3n) is 4.77. The van der Waals surface area contributed by atoms with E-state index in [0.29, 0.717) is 31.5 Å². The average Bonchev–Trinajstić information content (AvgIpc) is 2.71. The van der Waals surface area contributed by atoms with E-state index in [4.69, 9.17) is 11.6 Å². The Labute approximate surface area is 168 Å². The van der Waals surface area contributed by atoms with Gasteiger partial charge in [0, 0.05) is 32.6 Å². The first-order chi connectivity index (χ1) is 13.5. The van der Waals surface area contributed by atoms with Crippen LogP contribution in [0.5, 0.6) is 0 Å². The Kier molecular flexibility index (Phi) is 6.87. The molecule has 0 radical (unpaired) electrons. The van der Waals surface area contributed by atoms with Gasteiger partial charge >= 0.3 is 6.03 Å². The summed E-state index contributed by atoms with van der Waals surface area (Å²) in [4.78, 5) is 26.1. The minimum Gasteiger partial charge on any atom is -0.338 e. The van der Waals surface area contributed by atoms with E-state index in [0.717, 1.165) is 13.0 Å². The van der Waals surface area contributed by atoms with E-state index in [9.17, 15) is 14.0 Å². The molecule has 148 valence electrons. The second-order valence-electron chi connectivity index (χ2n) is 6.80. The summed E-state index contributed by atoms with van der Waals surface area (Å²) in [6.07, 6.45) is 1.86. The molecule has 0 unspecified atom stereocenters. The fourth-order valence-corrected chi connectivity index (χ4v) is 3.41. The highest BCUT2D eigenvalue weighted by molar-refractivity contribution is 6.30. The molecule has 2 aromatic rings. The highest BCUT2D eigenvalue weighted by Crippen LogP contribution is 2.19. The van der Waals surface area contributed by atoms with Crippen LogP contribution in [0.15, 0.2) is 42.5 Å². The van der Waals surface area contributed by atoms with Crippen molar-refractivity contribution in [2.24, 2.45) is 0 Å². The smallest absolute Gasteiger partial charge is 0.315 e. The quantitative estimate of drug-likeness (QED) is 0.723. The van der Waals surface area contributed by atoms with Crippen LogP contribution in [-0.4, -0.2) is 29.9 Å². The molecule has 0 aromatic heterocycles. The molecule has 0 bridgehead atoms. The number of rotatable bonds is 6. The Hall–Kier alpha value is -2.60. The molecule has 7 heteroatoms. The molecule has 3 amide bonds. The molecule has 0 fully saturated rings. The van der Waals surface area contributed by atoms with Crippen molar-refractivity contribution in [3.05, 3.63) is 70.0 Å². The number of carbonyl (C=O) groups is 2. The largest absolute Gasteiger partial charge is 0.338 e. The number of hydrogen-bond donors (Lipinski definition) is 2. The van der Waals surface area contributed by atoms with E-state index in [1.807, 2.05) is 17.0 Å². The number of fused-ring (bicyclic) bond motifs is 1. The van der Waals surface area contributed by atoms with Gasteiger partial charge in [-0.1, -0.05) is 41.9 Å². The summed E-state index contributed by atoms with van der Waals surface area (Å²) in [5, 5.41) is 5.43. The van der Waals surface area contributed by atoms with Crippen molar-refractivity contribution in [2.75, 3.05) is 13.1 Å². The van der Waals surface area contributed by atoms with Gasteiger partial charge in [0.15, 0.2) is 0 Å². The Balaban J connectivity index is 1.33. The first-order valence-electron chi connectivity index (χ1n) is 9.33. The molecule has 1 aliphatic heterocycles. The number of benzene rings is 2. The molecular weight excluding hydrogens is 381 g/mol. The van der Waals surface area contributed by atoms with Crippen molar-refractivity contribution in [2.45, 2.75) is 32.4 Å². The molecule has 0 aliphatic carbocycles. The summed E-state index contributed by atoms with van der Waals surface area (Å²) in [5.41, 5.74) is 3.23. The SMILES string of the molecule is O=C(NCCCC(=O)N1CCc2ccccc2C1)NCc1ccc(F)c(Cl)c1. The van der Waals surface area contributed by atoms with Crippen molar-refractivity contribution in [1.29, 1.82) is 0 Å². The Morgan fingerprint density at radius 1 is 1.11 bits per heavy atom. The van der Waals surface area contributed by atoms with Crippen LogP contribution in [0.3, 0.4) is 0 Å². The van der Waals surface area contributed by atoms with Gasteiger partial charge in [0.25, 0.3) is 0 Å². The number of hydrogen-bond acceptors (Lipinski definition) is 2. The maximum Gasteiger partial charge on any atom is 0.315 e. The fourth-order valence-electron chi connectivity index (χ4n) is 3.20. The summed E-state index contributed by atoms with van der Waals surface area (Å²) in [6.45, 7) is 2.05. The van der Waals surface area contributed by atoms with Crippen LogP contribution >= 0.6 is 11.6 Å². The van der Waals surface area contributed by atoms with Crippen molar-refractivity contribution >= 4 is 23.5 Å². The Morgan fingerprint density at radius 2 is 1.89 bits per heavy atom. The maximum atomic E-state index is 13.1. The van der Waals surface area contributed by atoms with Crippen molar-refractivity contribution in [3.63, 3.8) is 0 Å². The van der Waals surface area contributed by atoms with Crippen molar-refractivity contribution < 1.29 is 14.0 Å². The van der Waals surface area contributed by atoms with E-state index in [-0.39, 0.29) is 23.5 Å². The first kappa shape index (κ1) is 20.1. The molecular formula is C21H23ClFN3O2. The number of halogens is 2. The third-order valence-corrected chi connectivity index (χ3v) is 5.06. The molecule has 0 saturated heterocycles. The van der Waals surface area contributed by atoms with Gasteiger partial charge in [-0.15, -0.1) is 0 Å². The van der Waals surface area contributed by atoms with E-state index in [2.05, 4.69) is 22.8 Å². The zero-order valence-corrected chi connectivity index (χ0v) is 16.3. The second-order valence-corrected chi connectivity index (χ2v) is 7.20. The molecule has 0 atom stereocenters. The third kappa shape index (κ3) is 5.45. The number of carbonyl (C=O) groups excluding carboxylic acids is 2. The highest BCUT2D eigenvalue weighted by atomic mass is 35.5. The van der Waals surface area contributed by atoms with Gasteiger partial charge in [0.1, 0.15) is 5.82 Å². The lowest BCUT2D eigenvalue weighted by Crippen LogP contribution is -2.37. The predicted molar refractivity (Wildman–Crippen MR) is 106 cm³/mol. The average molecular weight is 404 g/mol. The van der Waals surface area contributed by atoms with Gasteiger partial charge in [-0.05, 0) is 41.7 Å². The number of amides is 3. The molecule has 5 nitrogen and oxygen atoms in total.